The van der Waals surface area contributed by atoms with Crippen LogP contribution in [0.4, 0.5) is 0 Å². The number of carbonyl (C=O) groups excluding carboxylic acids is 1. The number of thiazole rings is 1. The van der Waals surface area contributed by atoms with Crippen LogP contribution in [0.2, 0.25) is 0 Å². The zero-order valence-corrected chi connectivity index (χ0v) is 25.0. The molecule has 3 heterocycles. The van der Waals surface area contributed by atoms with Crippen LogP contribution >= 0.6 is 11.3 Å². The maximum atomic E-state index is 14.1. The summed E-state index contributed by atoms with van der Waals surface area (Å²) in [5.74, 6) is -0.0817. The Morgan fingerprint density at radius 2 is 1.74 bits per heavy atom. The average Bonchev–Trinajstić information content (AvgIpc) is 3.49. The predicted octanol–water partition coefficient (Wildman–Crippen LogP) is 5.92. The van der Waals surface area contributed by atoms with Crippen LogP contribution in [-0.4, -0.2) is 21.7 Å². The molecule has 0 amide bonds. The highest BCUT2D eigenvalue weighted by Crippen LogP contribution is 2.31. The quantitative estimate of drug-likeness (QED) is 0.226. The third kappa shape index (κ3) is 5.05. The maximum Gasteiger partial charge on any atom is 0.338 e. The summed E-state index contributed by atoms with van der Waals surface area (Å²) in [5.41, 5.74) is 6.10. The van der Waals surface area contributed by atoms with Gasteiger partial charge in [-0.15, -0.1) is 0 Å². The minimum Gasteiger partial charge on any atom is -0.463 e. The molecule has 1 aliphatic heterocycles. The summed E-state index contributed by atoms with van der Waals surface area (Å²) in [6.07, 6.45) is 4.06. The lowest BCUT2D eigenvalue weighted by Crippen LogP contribution is -2.39. The van der Waals surface area contributed by atoms with Crippen molar-refractivity contribution in [2.24, 2.45) is 4.99 Å². The van der Waals surface area contributed by atoms with Crippen LogP contribution in [0.3, 0.4) is 0 Å². The zero-order valence-electron chi connectivity index (χ0n) is 24.2. The second-order valence-corrected chi connectivity index (χ2v) is 11.8. The number of ether oxygens (including phenoxy) is 1. The van der Waals surface area contributed by atoms with Gasteiger partial charge >= 0.3 is 5.97 Å². The predicted molar refractivity (Wildman–Crippen MR) is 168 cm³/mol. The molecule has 0 N–H and O–H groups in total. The molecule has 1 atom stereocenters. The van der Waals surface area contributed by atoms with E-state index >= 15 is 0 Å². The van der Waals surface area contributed by atoms with Gasteiger partial charge in [0.25, 0.3) is 5.56 Å². The molecule has 0 aliphatic carbocycles. The highest BCUT2D eigenvalue weighted by atomic mass is 32.1. The highest BCUT2D eigenvalue weighted by molar-refractivity contribution is 7.07. The van der Waals surface area contributed by atoms with Gasteiger partial charge in [-0.2, -0.15) is 0 Å². The van der Waals surface area contributed by atoms with E-state index in [-0.39, 0.29) is 12.2 Å². The molecule has 212 valence electrons. The lowest BCUT2D eigenvalue weighted by atomic mass is 9.93. The third-order valence-corrected chi connectivity index (χ3v) is 8.72. The number of allylic oxidation sites excluding steroid dienone is 1. The fourth-order valence-corrected chi connectivity index (χ4v) is 6.65. The Morgan fingerprint density at radius 3 is 2.45 bits per heavy atom. The summed E-state index contributed by atoms with van der Waals surface area (Å²) in [5, 5.41) is 1.07. The third-order valence-electron chi connectivity index (χ3n) is 7.74. The van der Waals surface area contributed by atoms with Crippen molar-refractivity contribution in [3.8, 4) is 0 Å². The normalized spacial score (nSPS) is 15.3. The molecular formula is C35H33N3O3S. The molecular weight excluding hydrogens is 542 g/mol. The van der Waals surface area contributed by atoms with E-state index in [0.29, 0.717) is 26.5 Å². The molecule has 0 saturated heterocycles. The van der Waals surface area contributed by atoms with Gasteiger partial charge in [-0.25, -0.2) is 9.79 Å². The molecule has 0 spiro atoms. The molecule has 0 unspecified atom stereocenters. The van der Waals surface area contributed by atoms with E-state index in [9.17, 15) is 9.59 Å². The molecule has 7 heteroatoms. The van der Waals surface area contributed by atoms with E-state index in [1.54, 1.807) is 11.5 Å². The Hall–Kier alpha value is -4.49. The summed E-state index contributed by atoms with van der Waals surface area (Å²) in [6.45, 7) is 8.85. The largest absolute Gasteiger partial charge is 0.463 e. The van der Waals surface area contributed by atoms with Gasteiger partial charge in [-0.05, 0) is 48.6 Å². The lowest BCUT2D eigenvalue weighted by Gasteiger charge is -2.25. The van der Waals surface area contributed by atoms with Gasteiger partial charge < -0.3 is 9.30 Å². The Morgan fingerprint density at radius 1 is 1.02 bits per heavy atom. The van der Waals surface area contributed by atoms with Crippen LogP contribution in [0.25, 0.3) is 17.0 Å². The van der Waals surface area contributed by atoms with Gasteiger partial charge in [0.15, 0.2) is 4.80 Å². The van der Waals surface area contributed by atoms with Crippen molar-refractivity contribution in [1.29, 1.82) is 0 Å². The first-order valence-electron chi connectivity index (χ1n) is 14.3. The molecule has 42 heavy (non-hydrogen) atoms. The Kier molecular flexibility index (Phi) is 7.52. The number of nitrogens with zero attached hydrogens (tertiary/aromatic N) is 3. The van der Waals surface area contributed by atoms with Crippen molar-refractivity contribution in [1.82, 2.24) is 9.13 Å². The fourth-order valence-electron chi connectivity index (χ4n) is 5.61. The molecule has 0 saturated carbocycles. The summed E-state index contributed by atoms with van der Waals surface area (Å²) in [7, 11) is 0. The van der Waals surface area contributed by atoms with Crippen molar-refractivity contribution in [3.63, 3.8) is 0 Å². The zero-order chi connectivity index (χ0) is 29.4. The SMILES string of the molecule is CCOC(=O)C1=C(C)N=c2sc(=Cc3cn(Cc4ccccc4)c4ccccc34)c(=O)n2[C@H]1c1ccc(C(C)C)cc1. The first-order chi connectivity index (χ1) is 20.4. The lowest BCUT2D eigenvalue weighted by molar-refractivity contribution is -0.139. The van der Waals surface area contributed by atoms with Crippen LogP contribution < -0.4 is 14.9 Å². The molecule has 0 radical (unpaired) electrons. The topological polar surface area (TPSA) is 65.6 Å². The van der Waals surface area contributed by atoms with Gasteiger partial charge in [0.05, 0.1) is 28.5 Å². The molecule has 2 aromatic heterocycles. The number of hydrogen-bond donors (Lipinski definition) is 0. The van der Waals surface area contributed by atoms with Crippen molar-refractivity contribution < 1.29 is 9.53 Å². The van der Waals surface area contributed by atoms with Gasteiger partial charge in [-0.3, -0.25) is 9.36 Å². The van der Waals surface area contributed by atoms with Crippen LogP contribution in [0, 0.1) is 0 Å². The van der Waals surface area contributed by atoms with Crippen LogP contribution in [-0.2, 0) is 16.1 Å². The van der Waals surface area contributed by atoms with Gasteiger partial charge in [-0.1, -0.05) is 98.0 Å². The molecule has 3 aromatic carbocycles. The number of aromatic nitrogens is 2. The fraction of sp³-hybridized carbons (Fsp3) is 0.229. The summed E-state index contributed by atoms with van der Waals surface area (Å²) in [4.78, 5) is 32.7. The molecule has 1 aliphatic rings. The van der Waals surface area contributed by atoms with Gasteiger partial charge in [0.2, 0.25) is 0 Å². The van der Waals surface area contributed by atoms with Gasteiger partial charge in [0.1, 0.15) is 0 Å². The highest BCUT2D eigenvalue weighted by Gasteiger charge is 2.33. The van der Waals surface area contributed by atoms with Crippen molar-refractivity contribution in [2.45, 2.75) is 46.2 Å². The number of rotatable bonds is 7. The van der Waals surface area contributed by atoms with Gasteiger partial charge in [0, 0.05) is 29.2 Å². The average molecular weight is 576 g/mol. The number of para-hydroxylation sites is 1. The minimum absolute atomic E-state index is 0.175. The first kappa shape index (κ1) is 27.7. The van der Waals surface area contributed by atoms with E-state index < -0.39 is 12.0 Å². The standard InChI is InChI=1S/C35H33N3O3S/c1-5-41-34(40)31-23(4)36-35-38(32(31)26-17-15-25(16-18-26)22(2)3)33(39)30(42-35)19-27-21-37(20-24-11-7-6-8-12-24)29-14-10-9-13-28(27)29/h6-19,21-22,32H,5,20H2,1-4H3/t32-/m0/s1. The molecule has 5 aromatic rings. The molecule has 6 nitrogen and oxygen atoms in total. The minimum atomic E-state index is -0.622. The van der Waals surface area contributed by atoms with Crippen LogP contribution in [0.1, 0.15) is 61.9 Å². The summed E-state index contributed by atoms with van der Waals surface area (Å²) in [6, 6.07) is 26.1. The smallest absolute Gasteiger partial charge is 0.338 e. The van der Waals surface area contributed by atoms with Crippen molar-refractivity contribution in [3.05, 3.63) is 138 Å². The van der Waals surface area contributed by atoms with E-state index in [1.807, 2.05) is 55.5 Å². The van der Waals surface area contributed by atoms with Crippen LogP contribution in [0.15, 0.2) is 106 Å². The summed E-state index contributed by atoms with van der Waals surface area (Å²) >= 11 is 1.35. The number of hydrogen-bond acceptors (Lipinski definition) is 5. The Balaban J connectivity index is 1.51. The van der Waals surface area contributed by atoms with E-state index in [1.165, 1.54) is 22.5 Å². The molecule has 6 rings (SSSR count). The number of benzene rings is 3. The number of carbonyl (C=O) groups is 1. The Bertz CT molecular complexity index is 1990. The van der Waals surface area contributed by atoms with Crippen molar-refractivity contribution in [2.75, 3.05) is 6.61 Å². The number of fused-ring (bicyclic) bond motifs is 2. The van der Waals surface area contributed by atoms with Crippen molar-refractivity contribution >= 4 is 34.3 Å². The first-order valence-corrected chi connectivity index (χ1v) is 15.1. The van der Waals surface area contributed by atoms with Crippen LogP contribution in [0.5, 0.6) is 0 Å². The molecule has 0 bridgehead atoms. The van der Waals surface area contributed by atoms with E-state index in [4.69, 9.17) is 9.73 Å². The molecule has 0 fully saturated rings. The monoisotopic (exact) mass is 575 g/mol. The summed E-state index contributed by atoms with van der Waals surface area (Å²) < 4.78 is 9.88. The van der Waals surface area contributed by atoms with E-state index in [0.717, 1.165) is 28.6 Å². The van der Waals surface area contributed by atoms with E-state index in [2.05, 4.69) is 61.0 Å². The second kappa shape index (κ2) is 11.4. The maximum absolute atomic E-state index is 14.1. The second-order valence-electron chi connectivity index (χ2n) is 10.8. The Labute approximate surface area is 248 Å². The number of esters is 1.